The fourth-order valence-electron chi connectivity index (χ4n) is 2.24. The minimum Gasteiger partial charge on any atom is -0.493 e. The number of carboxylic acids is 2. The third-order valence-electron chi connectivity index (χ3n) is 3.47. The molecule has 1 aromatic carbocycles. The number of carbonyl (C=O) groups excluding carboxylic acids is 1. The predicted molar refractivity (Wildman–Crippen MR) is 78.3 cm³/mol. The summed E-state index contributed by atoms with van der Waals surface area (Å²) in [5, 5.41) is 18.0. The van der Waals surface area contributed by atoms with E-state index >= 15 is 0 Å². The summed E-state index contributed by atoms with van der Waals surface area (Å²) in [6, 6.07) is 2.97. The van der Waals surface area contributed by atoms with Gasteiger partial charge >= 0.3 is 11.9 Å². The second-order valence-electron chi connectivity index (χ2n) is 4.73. The van der Waals surface area contributed by atoms with Crippen LogP contribution in [0, 0.1) is 5.92 Å². The Morgan fingerprint density at radius 2 is 1.43 bits per heavy atom. The van der Waals surface area contributed by atoms with Crippen molar-refractivity contribution in [3.8, 4) is 17.2 Å². The van der Waals surface area contributed by atoms with Crippen LogP contribution in [0.25, 0.3) is 0 Å². The van der Waals surface area contributed by atoms with E-state index in [0.29, 0.717) is 11.3 Å². The summed E-state index contributed by atoms with van der Waals surface area (Å²) in [7, 11) is 4.20. The van der Waals surface area contributed by atoms with Gasteiger partial charge in [-0.3, -0.25) is 9.59 Å². The van der Waals surface area contributed by atoms with Crippen molar-refractivity contribution in [1.82, 2.24) is 0 Å². The summed E-state index contributed by atoms with van der Waals surface area (Å²) in [6.07, 6.45) is 0. The molecule has 23 heavy (non-hydrogen) atoms. The zero-order valence-corrected chi connectivity index (χ0v) is 13.2. The molecular weight excluding hydrogens is 308 g/mol. The van der Waals surface area contributed by atoms with E-state index in [1.165, 1.54) is 40.4 Å². The summed E-state index contributed by atoms with van der Waals surface area (Å²) >= 11 is 0. The van der Waals surface area contributed by atoms with Gasteiger partial charge in [0.15, 0.2) is 11.5 Å². The Hall–Kier alpha value is -2.77. The monoisotopic (exact) mass is 326 g/mol. The van der Waals surface area contributed by atoms with Crippen LogP contribution in [0.4, 0.5) is 0 Å². The van der Waals surface area contributed by atoms with Gasteiger partial charge in [-0.05, 0) is 17.7 Å². The first-order chi connectivity index (χ1) is 10.8. The highest BCUT2D eigenvalue weighted by Crippen LogP contribution is 2.41. The summed E-state index contributed by atoms with van der Waals surface area (Å²) in [6.45, 7) is 1.44. The zero-order valence-electron chi connectivity index (χ0n) is 13.2. The Morgan fingerprint density at radius 3 is 1.74 bits per heavy atom. The van der Waals surface area contributed by atoms with E-state index in [9.17, 15) is 19.5 Å². The second-order valence-corrected chi connectivity index (χ2v) is 4.73. The minimum atomic E-state index is -1.79. The standard InChI is InChI=1S/C15H18O8/c1-7(11(14(17)18)12(16)15(19)20)8-5-9(21-2)13(23-4)10(6-8)22-3/h5-7,11H,1-4H3,(H,17,18)(H,19,20). The van der Waals surface area contributed by atoms with Gasteiger partial charge in [0.2, 0.25) is 5.75 Å². The quantitative estimate of drug-likeness (QED) is 0.539. The van der Waals surface area contributed by atoms with E-state index in [0.717, 1.165) is 0 Å². The SMILES string of the molecule is COc1cc(C(C)C(C(=O)O)C(=O)C(=O)O)cc(OC)c1OC. The van der Waals surface area contributed by atoms with E-state index in [1.807, 2.05) is 0 Å². The van der Waals surface area contributed by atoms with Gasteiger partial charge in [-0.1, -0.05) is 6.92 Å². The van der Waals surface area contributed by atoms with E-state index in [1.54, 1.807) is 0 Å². The number of ketones is 1. The maximum atomic E-state index is 11.7. The third-order valence-corrected chi connectivity index (χ3v) is 3.47. The molecule has 0 aliphatic rings. The second kappa shape index (κ2) is 7.48. The third kappa shape index (κ3) is 3.71. The molecule has 0 fully saturated rings. The van der Waals surface area contributed by atoms with Gasteiger partial charge in [-0.25, -0.2) is 4.79 Å². The zero-order chi connectivity index (χ0) is 17.7. The Labute approximate surface area is 132 Å². The lowest BCUT2D eigenvalue weighted by molar-refractivity contribution is -0.157. The van der Waals surface area contributed by atoms with Crippen molar-refractivity contribution < 1.29 is 38.8 Å². The van der Waals surface area contributed by atoms with Crippen LogP contribution < -0.4 is 14.2 Å². The summed E-state index contributed by atoms with van der Waals surface area (Å²) in [5.41, 5.74) is 0.376. The number of aliphatic carboxylic acids is 2. The molecular formula is C15H18O8. The van der Waals surface area contributed by atoms with Gasteiger partial charge in [0, 0.05) is 5.92 Å². The van der Waals surface area contributed by atoms with Crippen LogP contribution >= 0.6 is 0 Å². The molecule has 0 spiro atoms. The van der Waals surface area contributed by atoms with Crippen molar-refractivity contribution in [1.29, 1.82) is 0 Å². The molecule has 0 aliphatic carbocycles. The van der Waals surface area contributed by atoms with Crippen LogP contribution in [0.3, 0.4) is 0 Å². The Bertz CT molecular complexity index is 597. The predicted octanol–water partition coefficient (Wildman–Crippen LogP) is 1.17. The lowest BCUT2D eigenvalue weighted by atomic mass is 9.84. The van der Waals surface area contributed by atoms with Gasteiger partial charge < -0.3 is 24.4 Å². The Kier molecular flexibility index (Phi) is 5.94. The highest BCUT2D eigenvalue weighted by Gasteiger charge is 2.37. The molecule has 0 aromatic heterocycles. The number of hydrogen-bond acceptors (Lipinski definition) is 6. The van der Waals surface area contributed by atoms with Gasteiger partial charge in [0.05, 0.1) is 21.3 Å². The molecule has 2 unspecified atom stereocenters. The highest BCUT2D eigenvalue weighted by atomic mass is 16.5. The fraction of sp³-hybridized carbons (Fsp3) is 0.400. The first-order valence-electron chi connectivity index (χ1n) is 6.58. The van der Waals surface area contributed by atoms with Crippen molar-refractivity contribution in [2.45, 2.75) is 12.8 Å². The maximum absolute atomic E-state index is 11.7. The van der Waals surface area contributed by atoms with E-state index in [4.69, 9.17) is 19.3 Å². The average molecular weight is 326 g/mol. The van der Waals surface area contributed by atoms with Crippen molar-refractivity contribution in [2.24, 2.45) is 5.92 Å². The molecule has 0 bridgehead atoms. The number of methoxy groups -OCH3 is 3. The molecule has 0 saturated heterocycles. The lowest BCUT2D eigenvalue weighted by Crippen LogP contribution is -2.33. The van der Waals surface area contributed by atoms with Gasteiger partial charge in [0.1, 0.15) is 5.92 Å². The lowest BCUT2D eigenvalue weighted by Gasteiger charge is -2.20. The topological polar surface area (TPSA) is 119 Å². The molecule has 1 aromatic rings. The number of ether oxygens (including phenoxy) is 3. The number of hydrogen-bond donors (Lipinski definition) is 2. The molecule has 1 rings (SSSR count). The van der Waals surface area contributed by atoms with Crippen molar-refractivity contribution in [3.63, 3.8) is 0 Å². The summed E-state index contributed by atoms with van der Waals surface area (Å²) in [5.74, 6) is -6.47. The fourth-order valence-corrected chi connectivity index (χ4v) is 2.24. The molecule has 2 N–H and O–H groups in total. The average Bonchev–Trinajstić information content (AvgIpc) is 2.52. The van der Waals surface area contributed by atoms with E-state index in [-0.39, 0.29) is 11.5 Å². The van der Waals surface area contributed by atoms with Crippen LogP contribution in [0.2, 0.25) is 0 Å². The Balaban J connectivity index is 3.40. The molecule has 126 valence electrons. The molecule has 2 atom stereocenters. The highest BCUT2D eigenvalue weighted by molar-refractivity contribution is 6.37. The first-order valence-corrected chi connectivity index (χ1v) is 6.58. The van der Waals surface area contributed by atoms with Gasteiger partial charge in [-0.2, -0.15) is 0 Å². The molecule has 0 amide bonds. The van der Waals surface area contributed by atoms with Crippen molar-refractivity contribution in [2.75, 3.05) is 21.3 Å². The molecule has 0 aliphatic heterocycles. The number of benzene rings is 1. The normalized spacial score (nSPS) is 12.9. The van der Waals surface area contributed by atoms with Crippen LogP contribution in [0.15, 0.2) is 12.1 Å². The van der Waals surface area contributed by atoms with Crippen LogP contribution in [-0.2, 0) is 14.4 Å². The van der Waals surface area contributed by atoms with Crippen LogP contribution in [0.1, 0.15) is 18.4 Å². The van der Waals surface area contributed by atoms with Gasteiger partial charge in [0.25, 0.3) is 5.78 Å². The van der Waals surface area contributed by atoms with E-state index in [2.05, 4.69) is 0 Å². The largest absolute Gasteiger partial charge is 0.493 e. The molecule has 0 heterocycles. The number of rotatable bonds is 8. The van der Waals surface area contributed by atoms with Crippen LogP contribution in [0.5, 0.6) is 17.2 Å². The summed E-state index contributed by atoms with van der Waals surface area (Å²) < 4.78 is 15.5. The van der Waals surface area contributed by atoms with Gasteiger partial charge in [-0.15, -0.1) is 0 Å². The van der Waals surface area contributed by atoms with Crippen LogP contribution in [-0.4, -0.2) is 49.3 Å². The Morgan fingerprint density at radius 1 is 0.957 bits per heavy atom. The van der Waals surface area contributed by atoms with Crippen molar-refractivity contribution in [3.05, 3.63) is 17.7 Å². The van der Waals surface area contributed by atoms with Crippen molar-refractivity contribution >= 4 is 17.7 Å². The minimum absolute atomic E-state index is 0.278. The smallest absolute Gasteiger partial charge is 0.373 e. The van der Waals surface area contributed by atoms with E-state index < -0.39 is 29.6 Å². The molecule has 8 heteroatoms. The molecule has 8 nitrogen and oxygen atoms in total. The number of Topliss-reactive ketones (excluding diaryl/α,β-unsaturated/α-hetero) is 1. The molecule has 0 radical (unpaired) electrons. The molecule has 0 saturated carbocycles. The summed E-state index contributed by atoms with van der Waals surface area (Å²) in [4.78, 5) is 33.8. The number of carboxylic acid groups (broad SMARTS) is 2. The maximum Gasteiger partial charge on any atom is 0.373 e. The first kappa shape index (κ1) is 18.3. The number of carbonyl (C=O) groups is 3.